The number of nitrogens with one attached hydrogen (secondary N) is 1. The zero-order valence-electron chi connectivity index (χ0n) is 8.85. The summed E-state index contributed by atoms with van der Waals surface area (Å²) in [6.45, 7) is 7.07. The van der Waals surface area contributed by atoms with Gasteiger partial charge in [-0.3, -0.25) is 0 Å². The second-order valence-electron chi connectivity index (χ2n) is 5.29. The molecule has 0 aliphatic heterocycles. The lowest BCUT2D eigenvalue weighted by Gasteiger charge is -2.33. The first-order valence-electron chi connectivity index (χ1n) is 5.22. The molecule has 0 saturated heterocycles. The van der Waals surface area contributed by atoms with E-state index in [1.165, 1.54) is 25.0 Å². The third-order valence-electron chi connectivity index (χ3n) is 3.36. The predicted octanol–water partition coefficient (Wildman–Crippen LogP) is 3.17. The Labute approximate surface area is 80.6 Å². The van der Waals surface area contributed by atoms with E-state index in [-0.39, 0.29) is 0 Å². The van der Waals surface area contributed by atoms with Crippen molar-refractivity contribution in [2.24, 2.45) is 11.3 Å². The molecule has 1 unspecified atom stereocenters. The van der Waals surface area contributed by atoms with Gasteiger partial charge in [-0.2, -0.15) is 0 Å². The molecule has 1 atom stereocenters. The van der Waals surface area contributed by atoms with Crippen LogP contribution in [0.2, 0.25) is 0 Å². The minimum Gasteiger partial charge on any atom is -0.365 e. The first-order chi connectivity index (χ1) is 6.07. The minimum atomic E-state index is 0.467. The van der Waals surface area contributed by atoms with Crippen LogP contribution in [0.15, 0.2) is 12.3 Å². The first kappa shape index (κ1) is 8.86. The fourth-order valence-electron chi connectivity index (χ4n) is 2.29. The average Bonchev–Trinajstić information content (AvgIpc) is 2.47. The molecule has 2 rings (SSSR count). The van der Waals surface area contributed by atoms with E-state index in [0.29, 0.717) is 5.41 Å². The maximum atomic E-state index is 3.33. The quantitative estimate of drug-likeness (QED) is 0.626. The molecular formula is C12H19N. The van der Waals surface area contributed by atoms with E-state index in [4.69, 9.17) is 0 Å². The van der Waals surface area contributed by atoms with E-state index >= 15 is 0 Å². The molecule has 0 amide bonds. The van der Waals surface area contributed by atoms with Crippen LogP contribution in [-0.4, -0.2) is 4.98 Å². The highest BCUT2D eigenvalue weighted by Crippen LogP contribution is 2.36. The van der Waals surface area contributed by atoms with Crippen LogP contribution in [0.5, 0.6) is 0 Å². The molecule has 0 fully saturated rings. The molecule has 1 aliphatic carbocycles. The van der Waals surface area contributed by atoms with E-state index in [1.54, 1.807) is 5.56 Å². The number of H-pyrrole nitrogens is 1. The van der Waals surface area contributed by atoms with E-state index in [1.807, 2.05) is 0 Å². The SMILES string of the molecule is CC(C)(C)C1CCc2[nH]ccc2C1. The van der Waals surface area contributed by atoms with Crippen molar-refractivity contribution in [1.29, 1.82) is 0 Å². The number of aromatic amines is 1. The highest BCUT2D eigenvalue weighted by Gasteiger charge is 2.28. The summed E-state index contributed by atoms with van der Waals surface area (Å²) < 4.78 is 0. The molecule has 1 heterocycles. The lowest BCUT2D eigenvalue weighted by atomic mass is 9.72. The summed E-state index contributed by atoms with van der Waals surface area (Å²) in [5.41, 5.74) is 3.49. The summed E-state index contributed by atoms with van der Waals surface area (Å²) in [6.07, 6.45) is 5.93. The summed E-state index contributed by atoms with van der Waals surface area (Å²) in [6, 6.07) is 2.24. The lowest BCUT2D eigenvalue weighted by Crippen LogP contribution is -2.26. The van der Waals surface area contributed by atoms with Gasteiger partial charge >= 0.3 is 0 Å². The largest absolute Gasteiger partial charge is 0.365 e. The Bertz CT molecular complexity index is 290. The molecular weight excluding hydrogens is 158 g/mol. The second-order valence-corrected chi connectivity index (χ2v) is 5.29. The molecule has 13 heavy (non-hydrogen) atoms. The first-order valence-corrected chi connectivity index (χ1v) is 5.22. The average molecular weight is 177 g/mol. The maximum absolute atomic E-state index is 3.33. The van der Waals surface area contributed by atoms with Gasteiger partial charge in [0.25, 0.3) is 0 Å². The Balaban J connectivity index is 2.18. The smallest absolute Gasteiger partial charge is 0.0179 e. The minimum absolute atomic E-state index is 0.467. The van der Waals surface area contributed by atoms with Crippen LogP contribution in [0, 0.1) is 11.3 Å². The summed E-state index contributed by atoms with van der Waals surface area (Å²) in [5.74, 6) is 0.857. The van der Waals surface area contributed by atoms with Gasteiger partial charge in [-0.05, 0) is 42.2 Å². The van der Waals surface area contributed by atoms with E-state index in [0.717, 1.165) is 5.92 Å². The summed E-state index contributed by atoms with van der Waals surface area (Å²) >= 11 is 0. The van der Waals surface area contributed by atoms with Gasteiger partial charge in [-0.1, -0.05) is 20.8 Å². The molecule has 1 aliphatic rings. The van der Waals surface area contributed by atoms with Crippen LogP contribution in [0.4, 0.5) is 0 Å². The molecule has 0 saturated carbocycles. The molecule has 0 bridgehead atoms. The Morgan fingerprint density at radius 1 is 1.38 bits per heavy atom. The number of fused-ring (bicyclic) bond motifs is 1. The van der Waals surface area contributed by atoms with Gasteiger partial charge in [0.05, 0.1) is 0 Å². The molecule has 1 heteroatoms. The normalized spacial score (nSPS) is 22.8. The Kier molecular flexibility index (Phi) is 1.98. The summed E-state index contributed by atoms with van der Waals surface area (Å²) in [7, 11) is 0. The van der Waals surface area contributed by atoms with Crippen LogP contribution >= 0.6 is 0 Å². The highest BCUT2D eigenvalue weighted by atomic mass is 14.7. The van der Waals surface area contributed by atoms with Crippen molar-refractivity contribution in [2.45, 2.75) is 40.0 Å². The molecule has 1 nitrogen and oxygen atoms in total. The predicted molar refractivity (Wildman–Crippen MR) is 55.8 cm³/mol. The van der Waals surface area contributed by atoms with Crippen molar-refractivity contribution in [3.05, 3.63) is 23.5 Å². The number of hydrogen-bond donors (Lipinski definition) is 1. The van der Waals surface area contributed by atoms with Crippen molar-refractivity contribution in [3.63, 3.8) is 0 Å². The Hall–Kier alpha value is -0.720. The fourth-order valence-corrected chi connectivity index (χ4v) is 2.29. The molecule has 0 radical (unpaired) electrons. The van der Waals surface area contributed by atoms with Crippen LogP contribution < -0.4 is 0 Å². The summed E-state index contributed by atoms with van der Waals surface area (Å²) in [5, 5.41) is 0. The molecule has 0 aromatic carbocycles. The van der Waals surface area contributed by atoms with E-state index in [9.17, 15) is 0 Å². The van der Waals surface area contributed by atoms with Gasteiger partial charge < -0.3 is 4.98 Å². The van der Waals surface area contributed by atoms with Gasteiger partial charge in [0.15, 0.2) is 0 Å². The lowest BCUT2D eigenvalue weighted by molar-refractivity contribution is 0.215. The number of aryl methyl sites for hydroxylation is 1. The zero-order valence-corrected chi connectivity index (χ0v) is 8.85. The zero-order chi connectivity index (χ0) is 9.47. The van der Waals surface area contributed by atoms with Gasteiger partial charge in [-0.15, -0.1) is 0 Å². The second kappa shape index (κ2) is 2.90. The third kappa shape index (κ3) is 1.65. The van der Waals surface area contributed by atoms with E-state index in [2.05, 4.69) is 38.0 Å². The topological polar surface area (TPSA) is 15.8 Å². The van der Waals surface area contributed by atoms with Crippen LogP contribution in [-0.2, 0) is 12.8 Å². The van der Waals surface area contributed by atoms with Crippen molar-refractivity contribution >= 4 is 0 Å². The van der Waals surface area contributed by atoms with Crippen molar-refractivity contribution in [2.75, 3.05) is 0 Å². The number of aromatic nitrogens is 1. The third-order valence-corrected chi connectivity index (χ3v) is 3.36. The molecule has 72 valence electrons. The molecule has 1 N–H and O–H groups in total. The molecule has 1 aromatic heterocycles. The van der Waals surface area contributed by atoms with Crippen LogP contribution in [0.3, 0.4) is 0 Å². The maximum Gasteiger partial charge on any atom is 0.0179 e. The highest BCUT2D eigenvalue weighted by molar-refractivity contribution is 5.24. The van der Waals surface area contributed by atoms with Crippen molar-refractivity contribution in [1.82, 2.24) is 4.98 Å². The number of rotatable bonds is 0. The van der Waals surface area contributed by atoms with Gasteiger partial charge in [-0.25, -0.2) is 0 Å². The monoisotopic (exact) mass is 177 g/mol. The van der Waals surface area contributed by atoms with Gasteiger partial charge in [0, 0.05) is 11.9 Å². The fraction of sp³-hybridized carbons (Fsp3) is 0.667. The van der Waals surface area contributed by atoms with Crippen LogP contribution in [0.25, 0.3) is 0 Å². The van der Waals surface area contributed by atoms with Crippen LogP contribution in [0.1, 0.15) is 38.4 Å². The van der Waals surface area contributed by atoms with E-state index < -0.39 is 0 Å². The van der Waals surface area contributed by atoms with Gasteiger partial charge in [0.2, 0.25) is 0 Å². The molecule has 1 aromatic rings. The standard InChI is InChI=1S/C12H19N/c1-12(2,3)10-4-5-11-9(8-10)6-7-13-11/h6-7,10,13H,4-5,8H2,1-3H3. The van der Waals surface area contributed by atoms with Crippen molar-refractivity contribution in [3.8, 4) is 0 Å². The Morgan fingerprint density at radius 3 is 2.85 bits per heavy atom. The summed E-state index contributed by atoms with van der Waals surface area (Å²) in [4.78, 5) is 3.33. The van der Waals surface area contributed by atoms with Gasteiger partial charge in [0.1, 0.15) is 0 Å². The van der Waals surface area contributed by atoms with Crippen molar-refractivity contribution < 1.29 is 0 Å². The molecule has 0 spiro atoms. The number of hydrogen-bond acceptors (Lipinski definition) is 0. The Morgan fingerprint density at radius 2 is 2.15 bits per heavy atom.